The highest BCUT2D eigenvalue weighted by Gasteiger charge is 2.52. The van der Waals surface area contributed by atoms with Gasteiger partial charge in [0.15, 0.2) is 0 Å². The molecule has 7 heteroatoms. The number of hydrogen-bond acceptors (Lipinski definition) is 4. The number of hydrogen-bond donors (Lipinski definition) is 1. The summed E-state index contributed by atoms with van der Waals surface area (Å²) in [6, 6.07) is -0.258. The molecule has 0 bridgehead atoms. The summed E-state index contributed by atoms with van der Waals surface area (Å²) in [6.07, 6.45) is 4.14. The molecule has 1 aromatic heterocycles. The molecule has 3 rings (SSSR count). The van der Waals surface area contributed by atoms with Crippen LogP contribution in [0.5, 0.6) is 0 Å². The Morgan fingerprint density at radius 1 is 1.40 bits per heavy atom. The molecule has 2 fully saturated rings. The third kappa shape index (κ3) is 2.31. The number of carbonyl (C=O) groups excluding carboxylic acids is 2. The smallest absolute Gasteiger partial charge is 0.323 e. The SMILES string of the molecule is O=C1NC2(CCCC2)C(=O)N1CCc1nc(CCl)cs1. The zero-order valence-electron chi connectivity index (χ0n) is 11.0. The van der Waals surface area contributed by atoms with Crippen molar-refractivity contribution in [3.05, 3.63) is 16.1 Å². The Kier molecular flexibility index (Phi) is 3.69. The van der Waals surface area contributed by atoms with E-state index in [2.05, 4.69) is 10.3 Å². The van der Waals surface area contributed by atoms with Crippen LogP contribution in [-0.2, 0) is 17.1 Å². The summed E-state index contributed by atoms with van der Waals surface area (Å²) in [7, 11) is 0. The van der Waals surface area contributed by atoms with Gasteiger partial charge in [0, 0.05) is 18.3 Å². The summed E-state index contributed by atoms with van der Waals surface area (Å²) >= 11 is 7.23. The van der Waals surface area contributed by atoms with Crippen molar-refractivity contribution in [2.75, 3.05) is 6.54 Å². The predicted octanol–water partition coefficient (Wildman–Crippen LogP) is 2.29. The second-order valence-corrected chi connectivity index (χ2v) is 6.50. The fourth-order valence-electron chi connectivity index (χ4n) is 2.93. The molecule has 0 radical (unpaired) electrons. The highest BCUT2D eigenvalue weighted by Crippen LogP contribution is 2.35. The summed E-state index contributed by atoms with van der Waals surface area (Å²) in [5, 5.41) is 5.70. The molecule has 0 atom stereocenters. The first kappa shape index (κ1) is 13.8. The van der Waals surface area contributed by atoms with Gasteiger partial charge in [-0.1, -0.05) is 12.8 Å². The monoisotopic (exact) mass is 313 g/mol. The number of urea groups is 1. The molecule has 1 N–H and O–H groups in total. The summed E-state index contributed by atoms with van der Waals surface area (Å²) in [5.41, 5.74) is 0.234. The number of aromatic nitrogens is 1. The van der Waals surface area contributed by atoms with E-state index in [1.165, 1.54) is 16.2 Å². The van der Waals surface area contributed by atoms with Gasteiger partial charge < -0.3 is 5.32 Å². The lowest BCUT2D eigenvalue weighted by Crippen LogP contribution is -2.44. The van der Waals surface area contributed by atoms with E-state index < -0.39 is 5.54 Å². The lowest BCUT2D eigenvalue weighted by molar-refractivity contribution is -0.131. The number of halogens is 1. The van der Waals surface area contributed by atoms with Gasteiger partial charge in [-0.15, -0.1) is 22.9 Å². The van der Waals surface area contributed by atoms with Gasteiger partial charge in [-0.3, -0.25) is 9.69 Å². The third-order valence-electron chi connectivity index (χ3n) is 3.99. The van der Waals surface area contributed by atoms with Gasteiger partial charge in [0.2, 0.25) is 0 Å². The van der Waals surface area contributed by atoms with Crippen LogP contribution in [0.15, 0.2) is 5.38 Å². The Morgan fingerprint density at radius 2 is 2.15 bits per heavy atom. The van der Waals surface area contributed by atoms with Crippen LogP contribution in [0, 0.1) is 0 Å². The summed E-state index contributed by atoms with van der Waals surface area (Å²) in [4.78, 5) is 30.1. The van der Waals surface area contributed by atoms with E-state index in [1.807, 2.05) is 5.38 Å². The van der Waals surface area contributed by atoms with Crippen molar-refractivity contribution in [1.82, 2.24) is 15.2 Å². The van der Waals surface area contributed by atoms with Crippen molar-refractivity contribution in [2.24, 2.45) is 0 Å². The van der Waals surface area contributed by atoms with Gasteiger partial charge in [0.25, 0.3) is 5.91 Å². The van der Waals surface area contributed by atoms with E-state index in [0.717, 1.165) is 36.4 Å². The minimum Gasteiger partial charge on any atom is -0.323 e. The van der Waals surface area contributed by atoms with Crippen LogP contribution >= 0.6 is 22.9 Å². The zero-order valence-corrected chi connectivity index (χ0v) is 12.6. The van der Waals surface area contributed by atoms with Gasteiger partial charge >= 0.3 is 6.03 Å². The standard InChI is InChI=1S/C13H16ClN3O2S/c14-7-9-8-20-10(15-9)3-6-17-11(18)13(16-12(17)19)4-1-2-5-13/h8H,1-7H2,(H,16,19). The fraction of sp³-hybridized carbons (Fsp3) is 0.615. The van der Waals surface area contributed by atoms with Crippen LogP contribution in [0.25, 0.3) is 0 Å². The molecule has 2 heterocycles. The number of rotatable bonds is 4. The Bertz CT molecular complexity index is 539. The molecular weight excluding hydrogens is 298 g/mol. The molecule has 1 aromatic rings. The van der Waals surface area contributed by atoms with Crippen LogP contribution in [0.3, 0.4) is 0 Å². The Labute approximate surface area is 126 Å². The van der Waals surface area contributed by atoms with Crippen LogP contribution in [0.4, 0.5) is 4.79 Å². The maximum absolute atomic E-state index is 12.4. The molecular formula is C13H16ClN3O2S. The highest BCUT2D eigenvalue weighted by molar-refractivity contribution is 7.09. The van der Waals surface area contributed by atoms with Crippen molar-refractivity contribution in [1.29, 1.82) is 0 Å². The lowest BCUT2D eigenvalue weighted by atomic mass is 9.98. The first-order valence-corrected chi connectivity index (χ1v) is 8.19. The maximum Gasteiger partial charge on any atom is 0.325 e. The quantitative estimate of drug-likeness (QED) is 0.685. The van der Waals surface area contributed by atoms with Crippen molar-refractivity contribution in [3.63, 3.8) is 0 Å². The molecule has 3 amide bonds. The Hall–Kier alpha value is -1.14. The second kappa shape index (κ2) is 5.33. The van der Waals surface area contributed by atoms with Gasteiger partial charge in [0.1, 0.15) is 5.54 Å². The first-order chi connectivity index (χ1) is 9.64. The van der Waals surface area contributed by atoms with E-state index in [-0.39, 0.29) is 11.9 Å². The van der Waals surface area contributed by atoms with Crippen molar-refractivity contribution in [2.45, 2.75) is 43.5 Å². The largest absolute Gasteiger partial charge is 0.325 e. The molecule has 0 unspecified atom stereocenters. The zero-order chi connectivity index (χ0) is 14.2. The normalized spacial score (nSPS) is 20.9. The minimum atomic E-state index is -0.610. The van der Waals surface area contributed by atoms with Gasteiger partial charge in [-0.05, 0) is 12.8 Å². The molecule has 1 saturated carbocycles. The molecule has 1 aliphatic heterocycles. The Morgan fingerprint density at radius 3 is 2.80 bits per heavy atom. The van der Waals surface area contributed by atoms with E-state index >= 15 is 0 Å². The van der Waals surface area contributed by atoms with E-state index in [0.29, 0.717) is 18.8 Å². The lowest BCUT2D eigenvalue weighted by Gasteiger charge is -2.19. The summed E-state index contributed by atoms with van der Waals surface area (Å²) in [5.74, 6) is 0.331. The first-order valence-electron chi connectivity index (χ1n) is 6.78. The molecule has 1 spiro atoms. The fourth-order valence-corrected chi connectivity index (χ4v) is 3.94. The van der Waals surface area contributed by atoms with Crippen molar-refractivity contribution < 1.29 is 9.59 Å². The average molecular weight is 314 g/mol. The number of nitrogens with zero attached hydrogens (tertiary/aromatic N) is 2. The average Bonchev–Trinajstić information content (AvgIpc) is 3.12. The number of alkyl halides is 1. The highest BCUT2D eigenvalue weighted by atomic mass is 35.5. The topological polar surface area (TPSA) is 62.3 Å². The van der Waals surface area contributed by atoms with Gasteiger partial charge in [-0.25, -0.2) is 9.78 Å². The molecule has 5 nitrogen and oxygen atoms in total. The maximum atomic E-state index is 12.4. The van der Waals surface area contributed by atoms with Crippen molar-refractivity contribution >= 4 is 34.9 Å². The Balaban J connectivity index is 1.65. The number of amides is 3. The number of carbonyl (C=O) groups is 2. The van der Waals surface area contributed by atoms with Crippen LogP contribution in [0.2, 0.25) is 0 Å². The van der Waals surface area contributed by atoms with E-state index in [1.54, 1.807) is 0 Å². The second-order valence-electron chi connectivity index (χ2n) is 5.29. The molecule has 1 aliphatic carbocycles. The number of thiazole rings is 1. The van der Waals surface area contributed by atoms with Crippen LogP contribution in [0.1, 0.15) is 36.4 Å². The molecule has 0 aromatic carbocycles. The number of nitrogens with one attached hydrogen (secondary N) is 1. The van der Waals surface area contributed by atoms with Crippen LogP contribution in [-0.4, -0.2) is 33.9 Å². The van der Waals surface area contributed by atoms with E-state index in [4.69, 9.17) is 11.6 Å². The van der Waals surface area contributed by atoms with Crippen LogP contribution < -0.4 is 5.32 Å². The molecule has 108 valence electrons. The molecule has 2 aliphatic rings. The summed E-state index contributed by atoms with van der Waals surface area (Å²) in [6.45, 7) is 0.391. The van der Waals surface area contributed by atoms with Gasteiger partial charge in [-0.2, -0.15) is 0 Å². The molecule has 20 heavy (non-hydrogen) atoms. The number of imide groups is 1. The third-order valence-corrected chi connectivity index (χ3v) is 5.22. The summed E-state index contributed by atoms with van der Waals surface area (Å²) < 4.78 is 0. The minimum absolute atomic E-state index is 0.0610. The van der Waals surface area contributed by atoms with E-state index in [9.17, 15) is 9.59 Å². The molecule has 1 saturated heterocycles. The predicted molar refractivity (Wildman–Crippen MR) is 76.8 cm³/mol. The van der Waals surface area contributed by atoms with Gasteiger partial charge in [0.05, 0.1) is 16.6 Å². The van der Waals surface area contributed by atoms with Crippen molar-refractivity contribution in [3.8, 4) is 0 Å².